The first-order chi connectivity index (χ1) is 5.49. The topological polar surface area (TPSA) is 106 Å². The fourth-order valence-electron chi connectivity index (χ4n) is 0.564. The number of allylic oxidation sites excluding steroid dienone is 1. The van der Waals surface area contributed by atoms with E-state index in [-0.39, 0.29) is 5.70 Å². The molecule has 0 aromatic heterocycles. The van der Waals surface area contributed by atoms with Gasteiger partial charge in [-0.15, -0.1) is 0 Å². The number of carbonyl (C=O) groups is 2. The summed E-state index contributed by atoms with van der Waals surface area (Å²) in [6.07, 6.45) is 1.29. The first kappa shape index (κ1) is 10.5. The molecule has 0 unspecified atom stereocenters. The smallest absolute Gasteiger partial charge is 0.0581 e. The van der Waals surface area contributed by atoms with Gasteiger partial charge in [0.15, 0.2) is 0 Å². The lowest BCUT2D eigenvalue weighted by Gasteiger charge is -2.15. The average Bonchev–Trinajstić information content (AvgIpc) is 1.98. The molecule has 0 saturated carbocycles. The summed E-state index contributed by atoms with van der Waals surface area (Å²) >= 11 is 0. The Morgan fingerprint density at radius 2 is 1.83 bits per heavy atom. The second-order valence-electron chi connectivity index (χ2n) is 2.21. The third kappa shape index (κ3) is 3.05. The van der Waals surface area contributed by atoms with E-state index < -0.39 is 17.9 Å². The summed E-state index contributed by atoms with van der Waals surface area (Å²) in [7, 11) is 0. The number of carbonyl (C=O) groups excluding carboxylic acids is 2. The fraction of sp³-hybridized carbons (Fsp3) is 0.429. The summed E-state index contributed by atoms with van der Waals surface area (Å²) in [5, 5.41) is 20.3. The third-order valence-corrected chi connectivity index (χ3v) is 1.30. The molecule has 68 valence electrons. The fourth-order valence-corrected chi connectivity index (χ4v) is 0.564. The van der Waals surface area contributed by atoms with Crippen molar-refractivity contribution in [3.05, 3.63) is 11.8 Å². The van der Waals surface area contributed by atoms with Gasteiger partial charge in [0, 0.05) is 5.70 Å². The number of rotatable bonds is 4. The predicted octanol–water partition coefficient (Wildman–Crippen LogP) is -2.64. The normalized spacial score (nSPS) is 11.7. The first-order valence-electron chi connectivity index (χ1n) is 3.37. The molecular weight excluding hydrogens is 162 g/mol. The summed E-state index contributed by atoms with van der Waals surface area (Å²) in [6.45, 7) is 1.67. The zero-order valence-corrected chi connectivity index (χ0v) is 6.57. The van der Waals surface area contributed by atoms with Crippen molar-refractivity contribution in [2.24, 2.45) is 11.7 Å². The maximum atomic E-state index is 10.2. The third-order valence-electron chi connectivity index (χ3n) is 1.30. The van der Waals surface area contributed by atoms with E-state index in [1.165, 1.54) is 0 Å². The average molecular weight is 171 g/mol. The minimum Gasteiger partial charge on any atom is -0.549 e. The molecule has 0 aliphatic rings. The van der Waals surface area contributed by atoms with Crippen molar-refractivity contribution in [3.63, 3.8) is 0 Å². The molecule has 0 bridgehead atoms. The van der Waals surface area contributed by atoms with E-state index in [4.69, 9.17) is 5.73 Å². The molecule has 0 amide bonds. The van der Waals surface area contributed by atoms with Crippen LogP contribution in [-0.4, -0.2) is 11.9 Å². The van der Waals surface area contributed by atoms with Gasteiger partial charge in [0.05, 0.1) is 17.9 Å². The molecule has 0 aliphatic heterocycles. The number of nitrogens with two attached hydrogens (primary N) is 1. The monoisotopic (exact) mass is 171 g/mol. The lowest BCUT2D eigenvalue weighted by Crippen LogP contribution is -2.42. The van der Waals surface area contributed by atoms with Crippen LogP contribution in [0.15, 0.2) is 11.8 Å². The van der Waals surface area contributed by atoms with Crippen molar-refractivity contribution in [2.45, 2.75) is 13.3 Å². The Bertz CT molecular complexity index is 207. The number of carboxylic acid groups (broad SMARTS) is 2. The zero-order valence-electron chi connectivity index (χ0n) is 6.57. The van der Waals surface area contributed by atoms with Crippen LogP contribution in [0.25, 0.3) is 0 Å². The highest BCUT2D eigenvalue weighted by Gasteiger charge is 2.07. The molecule has 2 N–H and O–H groups in total. The number of hydrogen-bond donors (Lipinski definition) is 1. The Balaban J connectivity index is 4.54. The lowest BCUT2D eigenvalue weighted by atomic mass is 10.1. The highest BCUT2D eigenvalue weighted by atomic mass is 16.4. The van der Waals surface area contributed by atoms with E-state index in [1.54, 1.807) is 6.92 Å². The van der Waals surface area contributed by atoms with Crippen LogP contribution < -0.4 is 15.9 Å². The maximum Gasteiger partial charge on any atom is 0.0581 e. The number of hydrogen-bond acceptors (Lipinski definition) is 5. The van der Waals surface area contributed by atoms with Crippen molar-refractivity contribution < 1.29 is 19.8 Å². The Labute approximate surface area is 69.5 Å². The van der Waals surface area contributed by atoms with E-state index in [0.717, 1.165) is 6.08 Å². The Morgan fingerprint density at radius 1 is 1.42 bits per heavy atom. The molecule has 0 aromatic rings. The van der Waals surface area contributed by atoms with Gasteiger partial charge in [0.1, 0.15) is 0 Å². The van der Waals surface area contributed by atoms with Gasteiger partial charge in [-0.05, 0) is 6.42 Å². The molecule has 0 fully saturated rings. The van der Waals surface area contributed by atoms with Gasteiger partial charge in [-0.1, -0.05) is 13.0 Å². The van der Waals surface area contributed by atoms with Crippen LogP contribution in [0.4, 0.5) is 0 Å². The van der Waals surface area contributed by atoms with Crippen LogP contribution in [0.5, 0.6) is 0 Å². The highest BCUT2D eigenvalue weighted by Crippen LogP contribution is 2.00. The standard InChI is InChI=1S/C7H11NO4/c1-2-4(8)3-5(6(9)10)7(11)12/h3,5H,2,8H2,1H3,(H,9,10)(H,11,12)/p-2/b4-3-. The van der Waals surface area contributed by atoms with Crippen LogP contribution in [0, 0.1) is 5.92 Å². The minimum absolute atomic E-state index is 0.188. The van der Waals surface area contributed by atoms with Gasteiger partial charge in [-0.25, -0.2) is 0 Å². The minimum atomic E-state index is -1.76. The number of aliphatic carboxylic acids is 2. The lowest BCUT2D eigenvalue weighted by molar-refractivity contribution is -0.328. The SMILES string of the molecule is CC/C(N)=C/C(C(=O)[O-])C(=O)[O-]. The van der Waals surface area contributed by atoms with Crippen molar-refractivity contribution in [2.75, 3.05) is 0 Å². The van der Waals surface area contributed by atoms with E-state index in [9.17, 15) is 19.8 Å². The summed E-state index contributed by atoms with van der Waals surface area (Å²) in [4.78, 5) is 20.3. The highest BCUT2D eigenvalue weighted by molar-refractivity contribution is 5.93. The van der Waals surface area contributed by atoms with Crippen molar-refractivity contribution in [1.29, 1.82) is 0 Å². The summed E-state index contributed by atoms with van der Waals surface area (Å²) in [5.41, 5.74) is 5.42. The van der Waals surface area contributed by atoms with Crippen LogP contribution in [0.1, 0.15) is 13.3 Å². The second-order valence-corrected chi connectivity index (χ2v) is 2.21. The molecule has 0 spiro atoms. The van der Waals surface area contributed by atoms with Crippen molar-refractivity contribution >= 4 is 11.9 Å². The first-order valence-corrected chi connectivity index (χ1v) is 3.37. The molecule has 0 heterocycles. The van der Waals surface area contributed by atoms with Crippen LogP contribution in [-0.2, 0) is 9.59 Å². The molecule has 12 heavy (non-hydrogen) atoms. The van der Waals surface area contributed by atoms with Gasteiger partial charge >= 0.3 is 0 Å². The second kappa shape index (κ2) is 4.38. The van der Waals surface area contributed by atoms with Crippen LogP contribution in [0.2, 0.25) is 0 Å². The molecule has 0 radical (unpaired) electrons. The largest absolute Gasteiger partial charge is 0.549 e. The maximum absolute atomic E-state index is 10.2. The zero-order chi connectivity index (χ0) is 9.72. The molecule has 0 aromatic carbocycles. The van der Waals surface area contributed by atoms with Gasteiger partial charge in [0.2, 0.25) is 0 Å². The molecule has 5 heteroatoms. The molecular formula is C7H9NO4-2. The Kier molecular flexibility index (Phi) is 3.82. The van der Waals surface area contributed by atoms with E-state index in [0.29, 0.717) is 6.42 Å². The van der Waals surface area contributed by atoms with Crippen LogP contribution in [0.3, 0.4) is 0 Å². The predicted molar refractivity (Wildman–Crippen MR) is 36.1 cm³/mol. The van der Waals surface area contributed by atoms with E-state index in [2.05, 4.69) is 0 Å². The van der Waals surface area contributed by atoms with Crippen molar-refractivity contribution in [3.8, 4) is 0 Å². The van der Waals surface area contributed by atoms with Crippen LogP contribution >= 0.6 is 0 Å². The molecule has 0 saturated heterocycles. The van der Waals surface area contributed by atoms with Gasteiger partial charge in [-0.2, -0.15) is 0 Å². The summed E-state index contributed by atoms with van der Waals surface area (Å²) < 4.78 is 0. The van der Waals surface area contributed by atoms with Gasteiger partial charge in [-0.3, -0.25) is 0 Å². The molecule has 0 aliphatic carbocycles. The molecule has 0 atom stereocenters. The Hall–Kier alpha value is -1.52. The molecule has 5 nitrogen and oxygen atoms in total. The van der Waals surface area contributed by atoms with Gasteiger partial charge < -0.3 is 25.5 Å². The van der Waals surface area contributed by atoms with E-state index in [1.807, 2.05) is 0 Å². The number of carboxylic acids is 2. The van der Waals surface area contributed by atoms with E-state index >= 15 is 0 Å². The quantitative estimate of drug-likeness (QED) is 0.465. The molecule has 0 rings (SSSR count). The summed E-state index contributed by atoms with van der Waals surface area (Å²) in [6, 6.07) is 0. The van der Waals surface area contributed by atoms with Gasteiger partial charge in [0.25, 0.3) is 0 Å². The van der Waals surface area contributed by atoms with Crippen molar-refractivity contribution in [1.82, 2.24) is 0 Å². The summed E-state index contributed by atoms with van der Waals surface area (Å²) in [5.74, 6) is -5.19. The Morgan fingerprint density at radius 3 is 2.08 bits per heavy atom.